The van der Waals surface area contributed by atoms with Crippen LogP contribution in [0.4, 0.5) is 0 Å². The van der Waals surface area contributed by atoms with E-state index in [1.807, 2.05) is 48.5 Å². The lowest BCUT2D eigenvalue weighted by molar-refractivity contribution is 0.375. The maximum Gasteiger partial charge on any atom is 0.244 e. The molecule has 4 rings (SSSR count). The number of H-pyrrole nitrogens is 1. The molecule has 28 heavy (non-hydrogen) atoms. The first-order valence-corrected chi connectivity index (χ1v) is 8.61. The Labute approximate surface area is 162 Å². The van der Waals surface area contributed by atoms with Crippen molar-refractivity contribution in [3.63, 3.8) is 0 Å². The van der Waals surface area contributed by atoms with Crippen molar-refractivity contribution < 1.29 is 14.2 Å². The minimum atomic E-state index is -0.482. The highest BCUT2D eigenvalue weighted by molar-refractivity contribution is 5.72. The molecule has 7 heteroatoms. The second kappa shape index (κ2) is 7.00. The largest absolute Gasteiger partial charge is 0.497 e. The summed E-state index contributed by atoms with van der Waals surface area (Å²) in [7, 11) is 3.20. The number of nitriles is 1. The van der Waals surface area contributed by atoms with E-state index in [0.29, 0.717) is 23.0 Å². The van der Waals surface area contributed by atoms with Gasteiger partial charge >= 0.3 is 0 Å². The summed E-state index contributed by atoms with van der Waals surface area (Å²) in [5.74, 6) is 1.25. The summed E-state index contributed by atoms with van der Waals surface area (Å²) in [4.78, 5) is 0. The molecule has 2 heterocycles. The van der Waals surface area contributed by atoms with Crippen molar-refractivity contribution in [2.45, 2.75) is 5.92 Å². The van der Waals surface area contributed by atoms with Crippen LogP contribution in [0.2, 0.25) is 0 Å². The Morgan fingerprint density at radius 2 is 1.96 bits per heavy atom. The van der Waals surface area contributed by atoms with E-state index in [4.69, 9.17) is 19.9 Å². The number of nitrogens with zero attached hydrogens (tertiary/aromatic N) is 2. The number of hydrogen-bond donors (Lipinski definition) is 2. The monoisotopic (exact) mass is 374 g/mol. The zero-order valence-electron chi connectivity index (χ0n) is 15.4. The number of nitrogens with two attached hydrogens (primary N) is 1. The fourth-order valence-electron chi connectivity index (χ4n) is 3.46. The topological polar surface area (TPSA) is 106 Å². The molecule has 0 radical (unpaired) electrons. The van der Waals surface area contributed by atoms with E-state index in [2.05, 4.69) is 16.3 Å². The summed E-state index contributed by atoms with van der Waals surface area (Å²) in [6.45, 7) is 0. The molecule has 1 atom stereocenters. The van der Waals surface area contributed by atoms with E-state index in [9.17, 15) is 5.26 Å². The number of allylic oxidation sites excluding steroid dienone is 1. The highest BCUT2D eigenvalue weighted by Gasteiger charge is 2.37. The van der Waals surface area contributed by atoms with Crippen LogP contribution in [0.3, 0.4) is 0 Å². The Balaban J connectivity index is 1.97. The van der Waals surface area contributed by atoms with Gasteiger partial charge in [-0.1, -0.05) is 30.3 Å². The van der Waals surface area contributed by atoms with Crippen molar-refractivity contribution in [2.75, 3.05) is 14.2 Å². The Morgan fingerprint density at radius 3 is 2.71 bits per heavy atom. The molecule has 140 valence electrons. The number of nitrogens with one attached hydrogen (secondary N) is 1. The number of aromatic nitrogens is 2. The normalized spacial score (nSPS) is 15.4. The molecule has 0 saturated heterocycles. The molecule has 1 aliphatic heterocycles. The van der Waals surface area contributed by atoms with E-state index in [1.54, 1.807) is 14.2 Å². The molecule has 7 nitrogen and oxygen atoms in total. The van der Waals surface area contributed by atoms with Gasteiger partial charge in [0.2, 0.25) is 11.8 Å². The molecule has 0 unspecified atom stereocenters. The van der Waals surface area contributed by atoms with E-state index in [1.165, 1.54) is 0 Å². The van der Waals surface area contributed by atoms with Crippen LogP contribution in [-0.4, -0.2) is 24.4 Å². The number of benzene rings is 2. The first-order chi connectivity index (χ1) is 13.7. The van der Waals surface area contributed by atoms with Crippen LogP contribution in [-0.2, 0) is 0 Å². The highest BCUT2D eigenvalue weighted by atomic mass is 16.5. The van der Waals surface area contributed by atoms with Gasteiger partial charge in [-0.15, -0.1) is 5.10 Å². The summed E-state index contributed by atoms with van der Waals surface area (Å²) >= 11 is 0. The molecular weight excluding hydrogens is 356 g/mol. The van der Waals surface area contributed by atoms with Crippen LogP contribution in [0, 0.1) is 11.3 Å². The summed E-state index contributed by atoms with van der Waals surface area (Å²) in [6.07, 6.45) is 0. The average molecular weight is 374 g/mol. The Morgan fingerprint density at radius 1 is 1.14 bits per heavy atom. The zero-order chi connectivity index (χ0) is 19.7. The predicted molar refractivity (Wildman–Crippen MR) is 103 cm³/mol. The predicted octanol–water partition coefficient (Wildman–Crippen LogP) is 3.31. The standard InChI is InChI=1S/C21H18N4O3/c1-26-13-7-5-6-12(10-13)19-18-17(14-8-3-4-9-16(14)27-2)15(11-22)20(23)28-21(18)25-24-19/h3-10,17H,23H2,1-2H3,(H,24,25)/t17-/m1/s1. The van der Waals surface area contributed by atoms with Crippen molar-refractivity contribution >= 4 is 0 Å². The summed E-state index contributed by atoms with van der Waals surface area (Å²) in [5, 5.41) is 17.1. The number of rotatable bonds is 4. The van der Waals surface area contributed by atoms with Crippen LogP contribution >= 0.6 is 0 Å². The Kier molecular flexibility index (Phi) is 4.38. The molecular formula is C21H18N4O3. The minimum Gasteiger partial charge on any atom is -0.497 e. The third kappa shape index (κ3) is 2.72. The number of methoxy groups -OCH3 is 2. The van der Waals surface area contributed by atoms with Crippen LogP contribution in [0.15, 0.2) is 60.0 Å². The highest BCUT2D eigenvalue weighted by Crippen LogP contribution is 2.47. The lowest BCUT2D eigenvalue weighted by atomic mass is 9.82. The molecule has 0 amide bonds. The maximum atomic E-state index is 9.80. The van der Waals surface area contributed by atoms with Crippen LogP contribution in [0.1, 0.15) is 17.0 Å². The molecule has 3 N–H and O–H groups in total. The quantitative estimate of drug-likeness (QED) is 0.726. The van der Waals surface area contributed by atoms with E-state index in [-0.39, 0.29) is 5.88 Å². The van der Waals surface area contributed by atoms with E-state index in [0.717, 1.165) is 22.4 Å². The van der Waals surface area contributed by atoms with Gasteiger partial charge in [-0.05, 0) is 18.2 Å². The lowest BCUT2D eigenvalue weighted by Crippen LogP contribution is -2.21. The van der Waals surface area contributed by atoms with Gasteiger partial charge in [-0.3, -0.25) is 5.10 Å². The minimum absolute atomic E-state index is 0.0367. The first-order valence-electron chi connectivity index (χ1n) is 8.61. The van der Waals surface area contributed by atoms with E-state index >= 15 is 0 Å². The molecule has 1 aliphatic rings. The summed E-state index contributed by atoms with van der Waals surface area (Å²) < 4.78 is 16.5. The molecule has 1 aromatic heterocycles. The molecule has 0 fully saturated rings. The second-order valence-corrected chi connectivity index (χ2v) is 6.22. The smallest absolute Gasteiger partial charge is 0.244 e. The summed E-state index contributed by atoms with van der Waals surface area (Å²) in [6, 6.07) is 17.3. The molecule has 0 saturated carbocycles. The molecule has 2 aromatic carbocycles. The fraction of sp³-hybridized carbons (Fsp3) is 0.143. The molecule has 0 bridgehead atoms. The number of ether oxygens (including phenoxy) is 3. The third-order valence-corrected chi connectivity index (χ3v) is 4.75. The van der Waals surface area contributed by atoms with Gasteiger partial charge in [0.1, 0.15) is 23.1 Å². The average Bonchev–Trinajstić information content (AvgIpc) is 3.16. The van der Waals surface area contributed by atoms with Gasteiger partial charge in [0.25, 0.3) is 0 Å². The van der Waals surface area contributed by atoms with Crippen molar-refractivity contribution in [1.29, 1.82) is 5.26 Å². The lowest BCUT2D eigenvalue weighted by Gasteiger charge is -2.25. The third-order valence-electron chi connectivity index (χ3n) is 4.75. The van der Waals surface area contributed by atoms with Gasteiger partial charge in [0.05, 0.1) is 31.4 Å². The number of fused-ring (bicyclic) bond motifs is 1. The van der Waals surface area contributed by atoms with E-state index < -0.39 is 5.92 Å². The number of aromatic amines is 1. The van der Waals surface area contributed by atoms with Gasteiger partial charge in [0.15, 0.2) is 0 Å². The number of hydrogen-bond acceptors (Lipinski definition) is 6. The number of para-hydroxylation sites is 1. The molecule has 3 aromatic rings. The van der Waals surface area contributed by atoms with Crippen molar-refractivity contribution in [3.8, 4) is 34.7 Å². The zero-order valence-corrected chi connectivity index (χ0v) is 15.4. The van der Waals surface area contributed by atoms with Crippen LogP contribution < -0.4 is 19.9 Å². The van der Waals surface area contributed by atoms with Crippen LogP contribution in [0.25, 0.3) is 11.3 Å². The molecule has 0 aliphatic carbocycles. The van der Waals surface area contributed by atoms with Gasteiger partial charge in [0, 0.05) is 11.1 Å². The summed E-state index contributed by atoms with van der Waals surface area (Å²) in [5.41, 5.74) is 9.46. The Bertz CT molecular complexity index is 1110. The fourth-order valence-corrected chi connectivity index (χ4v) is 3.46. The SMILES string of the molecule is COc1cccc(-c2[nH]nc3c2[C@H](c2ccccc2OC)C(C#N)=C(N)O3)c1. The van der Waals surface area contributed by atoms with Crippen molar-refractivity contribution in [1.82, 2.24) is 10.2 Å². The van der Waals surface area contributed by atoms with Gasteiger partial charge in [-0.25, -0.2) is 0 Å². The molecule has 0 spiro atoms. The first kappa shape index (κ1) is 17.5. The van der Waals surface area contributed by atoms with Gasteiger partial charge < -0.3 is 19.9 Å². The van der Waals surface area contributed by atoms with Crippen LogP contribution in [0.5, 0.6) is 17.4 Å². The Hall–Kier alpha value is -3.92. The van der Waals surface area contributed by atoms with Gasteiger partial charge in [-0.2, -0.15) is 5.26 Å². The maximum absolute atomic E-state index is 9.80. The van der Waals surface area contributed by atoms with Crippen molar-refractivity contribution in [2.24, 2.45) is 5.73 Å². The van der Waals surface area contributed by atoms with Crippen molar-refractivity contribution in [3.05, 3.63) is 71.1 Å². The second-order valence-electron chi connectivity index (χ2n) is 6.22.